The van der Waals surface area contributed by atoms with Crippen LogP contribution in [0.15, 0.2) is 0 Å². The Morgan fingerprint density at radius 3 is 2.25 bits per heavy atom. The lowest BCUT2D eigenvalue weighted by atomic mass is 9.99. The van der Waals surface area contributed by atoms with Crippen LogP contribution in [0.5, 0.6) is 0 Å². The van der Waals surface area contributed by atoms with Crippen LogP contribution in [-0.2, 0) is 9.47 Å². The predicted molar refractivity (Wildman–Crippen MR) is 51.2 cm³/mol. The van der Waals surface area contributed by atoms with E-state index in [4.69, 9.17) is 4.74 Å². The maximum atomic E-state index is 12.5. The highest BCUT2D eigenvalue weighted by molar-refractivity contribution is 4.93. The molecule has 2 atom stereocenters. The van der Waals surface area contributed by atoms with E-state index in [0.29, 0.717) is 13.2 Å². The van der Waals surface area contributed by atoms with Gasteiger partial charge in [0, 0.05) is 19.3 Å². The van der Waals surface area contributed by atoms with Crippen LogP contribution in [0.4, 0.5) is 13.2 Å². The SMILES string of the molecule is CN(C1CCOCC1)C1COC1C(F)(F)F. The Morgan fingerprint density at radius 1 is 1.19 bits per heavy atom. The first-order chi connectivity index (χ1) is 7.50. The molecule has 2 unspecified atom stereocenters. The fraction of sp³-hybridized carbons (Fsp3) is 1.00. The van der Waals surface area contributed by atoms with Crippen LogP contribution in [0.25, 0.3) is 0 Å². The van der Waals surface area contributed by atoms with Crippen molar-refractivity contribution in [2.45, 2.75) is 37.2 Å². The quantitative estimate of drug-likeness (QED) is 0.727. The minimum Gasteiger partial charge on any atom is -0.381 e. The molecule has 16 heavy (non-hydrogen) atoms. The molecule has 2 saturated heterocycles. The fourth-order valence-electron chi connectivity index (χ4n) is 2.29. The highest BCUT2D eigenvalue weighted by atomic mass is 19.4. The van der Waals surface area contributed by atoms with Crippen LogP contribution in [-0.4, -0.2) is 56.1 Å². The highest BCUT2D eigenvalue weighted by Crippen LogP contribution is 2.35. The molecule has 2 rings (SSSR count). The summed E-state index contributed by atoms with van der Waals surface area (Å²) in [7, 11) is 1.75. The van der Waals surface area contributed by atoms with Gasteiger partial charge in [0.05, 0.1) is 12.6 Å². The summed E-state index contributed by atoms with van der Waals surface area (Å²) in [4.78, 5) is 1.81. The van der Waals surface area contributed by atoms with Crippen molar-refractivity contribution in [2.75, 3.05) is 26.9 Å². The van der Waals surface area contributed by atoms with E-state index in [0.717, 1.165) is 12.8 Å². The molecule has 0 radical (unpaired) electrons. The van der Waals surface area contributed by atoms with E-state index in [2.05, 4.69) is 4.74 Å². The van der Waals surface area contributed by atoms with Crippen molar-refractivity contribution in [3.63, 3.8) is 0 Å². The Balaban J connectivity index is 1.91. The molecule has 3 nitrogen and oxygen atoms in total. The molecule has 0 amide bonds. The Morgan fingerprint density at radius 2 is 1.81 bits per heavy atom. The van der Waals surface area contributed by atoms with E-state index >= 15 is 0 Å². The van der Waals surface area contributed by atoms with Gasteiger partial charge < -0.3 is 9.47 Å². The summed E-state index contributed by atoms with van der Waals surface area (Å²) in [6.45, 7) is 1.45. The van der Waals surface area contributed by atoms with Crippen LogP contribution in [0.2, 0.25) is 0 Å². The second-order valence-electron chi connectivity index (χ2n) is 4.37. The number of ether oxygens (including phenoxy) is 2. The van der Waals surface area contributed by atoms with E-state index in [1.807, 2.05) is 4.90 Å². The van der Waals surface area contributed by atoms with E-state index in [1.165, 1.54) is 0 Å². The molecule has 2 aliphatic rings. The van der Waals surface area contributed by atoms with Crippen molar-refractivity contribution in [1.82, 2.24) is 4.90 Å². The molecule has 0 aromatic heterocycles. The average molecular weight is 239 g/mol. The van der Waals surface area contributed by atoms with Gasteiger partial charge in [-0.25, -0.2) is 0 Å². The van der Waals surface area contributed by atoms with Crippen LogP contribution in [0.1, 0.15) is 12.8 Å². The first-order valence-corrected chi connectivity index (χ1v) is 5.48. The summed E-state index contributed by atoms with van der Waals surface area (Å²) in [5.74, 6) is 0. The molecule has 0 aromatic rings. The molecule has 2 aliphatic heterocycles. The molecule has 0 bridgehead atoms. The summed E-state index contributed by atoms with van der Waals surface area (Å²) >= 11 is 0. The van der Waals surface area contributed by atoms with Gasteiger partial charge in [0.15, 0.2) is 6.10 Å². The van der Waals surface area contributed by atoms with Crippen LogP contribution in [0, 0.1) is 0 Å². The van der Waals surface area contributed by atoms with Crippen LogP contribution < -0.4 is 0 Å². The van der Waals surface area contributed by atoms with Gasteiger partial charge in [-0.15, -0.1) is 0 Å². The largest absolute Gasteiger partial charge is 0.416 e. The third-order valence-corrected chi connectivity index (χ3v) is 3.41. The lowest BCUT2D eigenvalue weighted by Crippen LogP contribution is -2.63. The minimum atomic E-state index is -4.25. The molecular weight excluding hydrogens is 223 g/mol. The maximum Gasteiger partial charge on any atom is 0.416 e. The lowest BCUT2D eigenvalue weighted by molar-refractivity contribution is -0.291. The molecule has 0 N–H and O–H groups in total. The molecular formula is C10H16F3NO2. The van der Waals surface area contributed by atoms with E-state index < -0.39 is 18.3 Å². The number of nitrogens with zero attached hydrogens (tertiary/aromatic N) is 1. The smallest absolute Gasteiger partial charge is 0.381 e. The van der Waals surface area contributed by atoms with Gasteiger partial charge in [0.1, 0.15) is 0 Å². The van der Waals surface area contributed by atoms with Crippen molar-refractivity contribution in [3.05, 3.63) is 0 Å². The topological polar surface area (TPSA) is 21.7 Å². The van der Waals surface area contributed by atoms with Gasteiger partial charge in [-0.1, -0.05) is 0 Å². The number of likely N-dealkylation sites (N-methyl/N-ethyl adjacent to an activating group) is 1. The second kappa shape index (κ2) is 4.50. The standard InChI is InChI=1S/C10H16F3NO2/c1-14(7-2-4-15-5-3-7)8-6-16-9(8)10(11,12)13/h7-9H,2-6H2,1H3. The highest BCUT2D eigenvalue weighted by Gasteiger charge is 2.53. The number of alkyl halides is 3. The molecule has 0 spiro atoms. The normalized spacial score (nSPS) is 32.8. The van der Waals surface area contributed by atoms with Crippen LogP contribution in [0.3, 0.4) is 0 Å². The third-order valence-electron chi connectivity index (χ3n) is 3.41. The zero-order chi connectivity index (χ0) is 11.8. The first kappa shape index (κ1) is 12.1. The molecule has 6 heteroatoms. The van der Waals surface area contributed by atoms with Crippen molar-refractivity contribution in [1.29, 1.82) is 0 Å². The fourth-order valence-corrected chi connectivity index (χ4v) is 2.29. The Labute approximate surface area is 92.5 Å². The zero-order valence-corrected chi connectivity index (χ0v) is 9.17. The molecule has 0 aliphatic carbocycles. The Bertz CT molecular complexity index is 241. The van der Waals surface area contributed by atoms with Crippen molar-refractivity contribution in [2.24, 2.45) is 0 Å². The number of halogens is 3. The number of hydrogen-bond acceptors (Lipinski definition) is 3. The predicted octanol–water partition coefficient (Wildman–Crippen LogP) is 1.43. The van der Waals surface area contributed by atoms with E-state index in [9.17, 15) is 13.2 Å². The Hall–Kier alpha value is -0.330. The monoisotopic (exact) mass is 239 g/mol. The number of hydrogen-bond donors (Lipinski definition) is 0. The van der Waals surface area contributed by atoms with E-state index in [-0.39, 0.29) is 12.6 Å². The summed E-state index contributed by atoms with van der Waals surface area (Å²) in [6, 6.07) is -0.337. The van der Waals surface area contributed by atoms with Gasteiger partial charge >= 0.3 is 6.18 Å². The van der Waals surface area contributed by atoms with Crippen LogP contribution >= 0.6 is 0 Å². The number of rotatable bonds is 2. The second-order valence-corrected chi connectivity index (χ2v) is 4.37. The average Bonchev–Trinajstić information content (AvgIpc) is 2.14. The molecule has 2 fully saturated rings. The lowest BCUT2D eigenvalue weighted by Gasteiger charge is -2.46. The molecule has 0 saturated carbocycles. The van der Waals surface area contributed by atoms with Gasteiger partial charge in [-0.3, -0.25) is 4.90 Å². The zero-order valence-electron chi connectivity index (χ0n) is 9.17. The van der Waals surface area contributed by atoms with Gasteiger partial charge in [-0.2, -0.15) is 13.2 Å². The van der Waals surface area contributed by atoms with Crippen molar-refractivity contribution in [3.8, 4) is 0 Å². The summed E-state index contributed by atoms with van der Waals surface area (Å²) < 4.78 is 47.3. The summed E-state index contributed by atoms with van der Waals surface area (Å²) in [6.07, 6.45) is -4.25. The Kier molecular flexibility index (Phi) is 3.42. The van der Waals surface area contributed by atoms with Gasteiger partial charge in [0.25, 0.3) is 0 Å². The van der Waals surface area contributed by atoms with E-state index in [1.54, 1.807) is 7.05 Å². The summed E-state index contributed by atoms with van der Waals surface area (Å²) in [5.41, 5.74) is 0. The third kappa shape index (κ3) is 2.33. The van der Waals surface area contributed by atoms with Crippen molar-refractivity contribution < 1.29 is 22.6 Å². The maximum absolute atomic E-state index is 12.5. The minimum absolute atomic E-state index is 0.179. The summed E-state index contributed by atoms with van der Waals surface area (Å²) in [5, 5.41) is 0. The van der Waals surface area contributed by atoms with Gasteiger partial charge in [-0.05, 0) is 19.9 Å². The molecule has 94 valence electrons. The molecule has 0 aromatic carbocycles. The van der Waals surface area contributed by atoms with Crippen molar-refractivity contribution >= 4 is 0 Å². The molecule has 2 heterocycles. The van der Waals surface area contributed by atoms with Gasteiger partial charge in [0.2, 0.25) is 0 Å². The first-order valence-electron chi connectivity index (χ1n) is 5.48.